The summed E-state index contributed by atoms with van der Waals surface area (Å²) in [6.45, 7) is 24.9. The molecule has 2 atom stereocenters. The fourth-order valence-corrected chi connectivity index (χ4v) is 9.75. The maximum atomic E-state index is 12.4. The largest absolute Gasteiger partial charge is 0.464 e. The number of aryl methyl sites for hydroxylation is 1. The Labute approximate surface area is 424 Å². The Hall–Kier alpha value is -4.99. The van der Waals surface area contributed by atoms with E-state index in [-0.39, 0.29) is 60.6 Å². The number of esters is 1. The van der Waals surface area contributed by atoms with Gasteiger partial charge in [-0.05, 0) is 80.1 Å². The third-order valence-electron chi connectivity index (χ3n) is 12.6. The van der Waals surface area contributed by atoms with E-state index in [9.17, 15) is 14.4 Å². The van der Waals surface area contributed by atoms with E-state index >= 15 is 0 Å². The van der Waals surface area contributed by atoms with E-state index in [0.717, 1.165) is 71.2 Å². The van der Waals surface area contributed by atoms with Crippen molar-refractivity contribution in [2.24, 2.45) is 0 Å². The van der Waals surface area contributed by atoms with Gasteiger partial charge >= 0.3 is 18.2 Å². The number of amides is 2. The highest BCUT2D eigenvalue weighted by Crippen LogP contribution is 2.34. The van der Waals surface area contributed by atoms with Gasteiger partial charge in [0.05, 0.1) is 7.11 Å². The van der Waals surface area contributed by atoms with Crippen molar-refractivity contribution >= 4 is 64.6 Å². The number of rotatable bonds is 8. The highest BCUT2D eigenvalue weighted by atomic mass is 35.5. The van der Waals surface area contributed by atoms with E-state index in [2.05, 4.69) is 68.3 Å². The van der Waals surface area contributed by atoms with Crippen LogP contribution in [0.3, 0.4) is 0 Å². The molecule has 4 aliphatic heterocycles. The molecule has 2 amide bonds. The Balaban J connectivity index is 0.000000297. The number of anilines is 4. The zero-order valence-electron chi connectivity index (χ0n) is 41.3. The smallest absolute Gasteiger partial charge is 0.410 e. The van der Waals surface area contributed by atoms with Gasteiger partial charge in [-0.25, -0.2) is 34.3 Å². The SMILES string of the molecule is C.C.CC[C@H]1CN(c2nc(N)c(-c3nnc(C)o3)nc2Cl)CCN1C1CCN(C(=O)OC(C)(C)C)CC1.CC[C@H]1CN(c2nc(N)c(C(=O)OC)nc2Cl)CCN1C1CCN(C(=O)OC(C)(C)C)CC1. The van der Waals surface area contributed by atoms with E-state index in [1.165, 1.54) is 7.11 Å². The van der Waals surface area contributed by atoms with Gasteiger partial charge in [0.15, 0.2) is 45.0 Å². The number of hydrogen-bond acceptors (Lipinski definition) is 19. The molecule has 4 aliphatic rings. The van der Waals surface area contributed by atoms with E-state index in [1.54, 1.807) is 11.8 Å². The second kappa shape index (κ2) is 24.4. The van der Waals surface area contributed by atoms with Crippen molar-refractivity contribution in [1.82, 2.24) is 49.7 Å². The lowest BCUT2D eigenvalue weighted by atomic mass is 9.98. The Bertz CT molecular complexity index is 2220. The van der Waals surface area contributed by atoms with Gasteiger partial charge in [-0.1, -0.05) is 51.9 Å². The molecule has 0 radical (unpaired) electrons. The Morgan fingerprint density at radius 1 is 0.657 bits per heavy atom. The number of halogens is 2. The van der Waals surface area contributed by atoms with Gasteiger partial charge in [-0.3, -0.25) is 9.80 Å². The lowest BCUT2D eigenvalue weighted by molar-refractivity contribution is 0.00848. The summed E-state index contributed by atoms with van der Waals surface area (Å²) < 4.78 is 21.2. The molecular formula is C47H78Cl2N14O7. The first-order valence-electron chi connectivity index (χ1n) is 23.6. The number of nitrogens with two attached hydrogens (primary N) is 2. The van der Waals surface area contributed by atoms with Crippen LogP contribution in [0.5, 0.6) is 0 Å². The number of methoxy groups -OCH3 is 1. The monoisotopic (exact) mass is 1020 g/mol. The Kier molecular flexibility index (Phi) is 20.1. The van der Waals surface area contributed by atoms with Crippen LogP contribution in [0.2, 0.25) is 10.3 Å². The fourth-order valence-electron chi connectivity index (χ4n) is 9.26. The van der Waals surface area contributed by atoms with Gasteiger partial charge in [-0.15, -0.1) is 10.2 Å². The van der Waals surface area contributed by atoms with Crippen LogP contribution in [0.4, 0.5) is 32.9 Å². The summed E-state index contributed by atoms with van der Waals surface area (Å²) >= 11 is 12.9. The number of carbonyl (C=O) groups excluding carboxylic acids is 3. The summed E-state index contributed by atoms with van der Waals surface area (Å²) in [4.78, 5) is 67.0. The van der Waals surface area contributed by atoms with Crippen LogP contribution in [0.25, 0.3) is 11.6 Å². The lowest BCUT2D eigenvalue weighted by Gasteiger charge is -2.47. The summed E-state index contributed by atoms with van der Waals surface area (Å²) in [5, 5.41) is 8.19. The average molecular weight is 1020 g/mol. The van der Waals surface area contributed by atoms with Gasteiger partial charge in [0, 0.05) is 96.5 Å². The predicted molar refractivity (Wildman–Crippen MR) is 273 cm³/mol. The van der Waals surface area contributed by atoms with Crippen LogP contribution < -0.4 is 21.3 Å². The zero-order valence-corrected chi connectivity index (χ0v) is 42.8. The van der Waals surface area contributed by atoms with Crippen LogP contribution in [0.1, 0.15) is 125 Å². The first-order valence-corrected chi connectivity index (χ1v) is 24.4. The number of nitrogen functional groups attached to an aromatic ring is 2. The summed E-state index contributed by atoms with van der Waals surface area (Å²) in [6, 6.07) is 1.47. The van der Waals surface area contributed by atoms with E-state index in [1.807, 2.05) is 46.4 Å². The molecule has 0 aromatic carbocycles. The maximum Gasteiger partial charge on any atom is 0.410 e. The van der Waals surface area contributed by atoms with Crippen LogP contribution in [0, 0.1) is 6.92 Å². The molecular weight excluding hydrogens is 944 g/mol. The van der Waals surface area contributed by atoms with Crippen molar-refractivity contribution in [2.75, 3.05) is 93.8 Å². The van der Waals surface area contributed by atoms with Gasteiger partial charge in [0.2, 0.25) is 5.89 Å². The first-order chi connectivity index (χ1) is 32.1. The number of piperidine rings is 2. The Morgan fingerprint density at radius 3 is 1.47 bits per heavy atom. The minimum absolute atomic E-state index is 0. The Morgan fingerprint density at radius 2 is 1.09 bits per heavy atom. The molecule has 0 unspecified atom stereocenters. The molecule has 21 nitrogen and oxygen atoms in total. The van der Waals surface area contributed by atoms with Crippen LogP contribution in [0.15, 0.2) is 4.42 Å². The number of aromatic nitrogens is 6. The van der Waals surface area contributed by atoms with Gasteiger partial charge < -0.3 is 49.7 Å². The molecule has 70 heavy (non-hydrogen) atoms. The van der Waals surface area contributed by atoms with E-state index < -0.39 is 17.2 Å². The normalized spacial score (nSPS) is 19.9. The summed E-state index contributed by atoms with van der Waals surface area (Å²) in [5.74, 6) is 1.23. The molecule has 7 rings (SSSR count). The quantitative estimate of drug-likeness (QED) is 0.164. The maximum absolute atomic E-state index is 12.4. The summed E-state index contributed by atoms with van der Waals surface area (Å²) in [6.07, 6.45) is 5.18. The molecule has 0 bridgehead atoms. The first kappa shape index (κ1) is 57.6. The molecule has 4 fully saturated rings. The van der Waals surface area contributed by atoms with Crippen molar-refractivity contribution in [3.05, 3.63) is 21.9 Å². The second-order valence-corrected chi connectivity index (χ2v) is 20.4. The van der Waals surface area contributed by atoms with Crippen molar-refractivity contribution < 1.29 is 33.0 Å². The topological polar surface area (TPSA) is 241 Å². The predicted octanol–water partition coefficient (Wildman–Crippen LogP) is 7.44. The molecule has 3 aromatic rings. The highest BCUT2D eigenvalue weighted by Gasteiger charge is 2.38. The average Bonchev–Trinajstić information content (AvgIpc) is 3.74. The summed E-state index contributed by atoms with van der Waals surface area (Å²) in [7, 11) is 1.26. The van der Waals surface area contributed by atoms with Gasteiger partial charge in [0.25, 0.3) is 5.89 Å². The second-order valence-electron chi connectivity index (χ2n) is 19.7. The third kappa shape index (κ3) is 14.3. The minimum atomic E-state index is -0.664. The number of carbonyl (C=O) groups is 3. The third-order valence-corrected chi connectivity index (χ3v) is 13.1. The molecule has 3 aromatic heterocycles. The highest BCUT2D eigenvalue weighted by molar-refractivity contribution is 6.32. The fraction of sp³-hybridized carbons (Fsp3) is 0.723. The lowest BCUT2D eigenvalue weighted by Crippen LogP contribution is -2.59. The number of piperazine rings is 2. The molecule has 0 saturated carbocycles. The molecule has 7 heterocycles. The number of likely N-dealkylation sites (tertiary alicyclic amines) is 2. The van der Waals surface area contributed by atoms with Crippen LogP contribution in [-0.4, -0.2) is 176 Å². The van der Waals surface area contributed by atoms with E-state index in [0.29, 0.717) is 80.1 Å². The van der Waals surface area contributed by atoms with Crippen molar-refractivity contribution in [1.29, 1.82) is 0 Å². The van der Waals surface area contributed by atoms with Crippen molar-refractivity contribution in [2.45, 2.75) is 151 Å². The number of ether oxygens (including phenoxy) is 3. The molecule has 23 heteroatoms. The van der Waals surface area contributed by atoms with Gasteiger partial charge in [0.1, 0.15) is 11.2 Å². The molecule has 0 spiro atoms. The summed E-state index contributed by atoms with van der Waals surface area (Å²) in [5.41, 5.74) is 11.4. The van der Waals surface area contributed by atoms with E-state index in [4.69, 9.17) is 48.6 Å². The minimum Gasteiger partial charge on any atom is -0.464 e. The van der Waals surface area contributed by atoms with Crippen molar-refractivity contribution in [3.8, 4) is 11.6 Å². The molecule has 4 saturated heterocycles. The van der Waals surface area contributed by atoms with Gasteiger partial charge in [-0.2, -0.15) is 0 Å². The molecule has 392 valence electrons. The van der Waals surface area contributed by atoms with Crippen LogP contribution in [-0.2, 0) is 14.2 Å². The number of nitrogens with zero attached hydrogens (tertiary/aromatic N) is 12. The number of hydrogen-bond donors (Lipinski definition) is 2. The molecule has 0 aliphatic carbocycles. The zero-order chi connectivity index (χ0) is 49.7. The van der Waals surface area contributed by atoms with Crippen molar-refractivity contribution in [3.63, 3.8) is 0 Å². The van der Waals surface area contributed by atoms with Crippen LogP contribution >= 0.6 is 23.2 Å². The molecule has 4 N–H and O–H groups in total. The standard InChI is InChI=1S/C23H35ClN8O3.C22H35ClN6O4.2CH4/c1-6-15-13-31(20-18(24)26-17(19(25)27-20)21-29-28-14(2)34-21)11-12-32(15)16-7-9-30(10-8-16)22(33)35-23(3,4)5;1-6-14-13-28(19-17(23)25-16(18(24)26-19)20(30)32-5)11-12-29(14)15-7-9-27(10-8-15)21(31)33-22(2,3)4;;/h15-16H,6-13H2,1-5H3,(H2,25,27);14-15H,6-13H2,1-5H3,(H2,24,26);2*1H4/t15-;14-;;/m00../s1.